The molecule has 1 aromatic heterocycles. The number of aromatic nitrogens is 1. The number of hydrogen-bond donors (Lipinski definition) is 4. The molecule has 0 aliphatic carbocycles. The van der Waals surface area contributed by atoms with Gasteiger partial charge in [-0.25, -0.2) is 9.78 Å². The molecule has 3 aromatic carbocycles. The van der Waals surface area contributed by atoms with E-state index in [0.717, 1.165) is 21.3 Å². The molecule has 2 fully saturated rings. The van der Waals surface area contributed by atoms with Gasteiger partial charge in [0.05, 0.1) is 39.0 Å². The number of halogens is 2. The number of carbonyl (C=O) groups excluding carboxylic acids is 3. The highest BCUT2D eigenvalue weighted by Gasteiger charge is 2.52. The Kier molecular flexibility index (Phi) is 9.33. The van der Waals surface area contributed by atoms with Gasteiger partial charge in [0.25, 0.3) is 0 Å². The van der Waals surface area contributed by atoms with Crippen molar-refractivity contribution in [2.75, 3.05) is 31.1 Å². The number of nitrogens with one attached hydrogen (secondary N) is 1. The second-order valence-corrected chi connectivity index (χ2v) is 13.4. The Balaban J connectivity index is 1.31. The normalized spacial score (nSPS) is 18.2. The third kappa shape index (κ3) is 6.61. The summed E-state index contributed by atoms with van der Waals surface area (Å²) in [6.07, 6.45) is 0.173. The number of rotatable bonds is 9. The van der Waals surface area contributed by atoms with E-state index in [2.05, 4.69) is 10.3 Å². The number of hydrazine groups is 1. The summed E-state index contributed by atoms with van der Waals surface area (Å²) in [5.41, 5.74) is 15.2. The minimum atomic E-state index is -0.877. The molecule has 0 spiro atoms. The fourth-order valence-electron chi connectivity index (χ4n) is 6.18. The molecule has 6 N–H and O–H groups in total. The van der Waals surface area contributed by atoms with Crippen LogP contribution >= 0.6 is 34.5 Å². The molecule has 15 heteroatoms. The molecular formula is C32H34Cl2N8O4S. The maximum Gasteiger partial charge on any atom is 0.332 e. The average Bonchev–Trinajstić information content (AvgIpc) is 3.59. The minimum Gasteiger partial charge on any atom is -0.506 e. The van der Waals surface area contributed by atoms with Crippen LogP contribution in [0.5, 0.6) is 5.75 Å². The van der Waals surface area contributed by atoms with Crippen LogP contribution in [0.15, 0.2) is 54.6 Å². The zero-order chi connectivity index (χ0) is 33.4. The fourth-order valence-corrected chi connectivity index (χ4v) is 7.28. The van der Waals surface area contributed by atoms with Crippen molar-refractivity contribution in [3.8, 4) is 5.75 Å². The number of hydrogen-bond acceptors (Lipinski definition) is 9. The second kappa shape index (κ2) is 13.4. The van der Waals surface area contributed by atoms with Crippen molar-refractivity contribution in [1.82, 2.24) is 30.1 Å². The van der Waals surface area contributed by atoms with Crippen LogP contribution in [0.4, 0.5) is 15.6 Å². The number of amides is 4. The number of nitrogens with zero attached hydrogens (tertiary/aromatic N) is 5. The van der Waals surface area contributed by atoms with E-state index in [1.165, 1.54) is 17.4 Å². The van der Waals surface area contributed by atoms with Crippen molar-refractivity contribution in [2.24, 2.45) is 0 Å². The van der Waals surface area contributed by atoms with Gasteiger partial charge in [0.1, 0.15) is 18.0 Å². The topological polar surface area (TPSA) is 161 Å². The summed E-state index contributed by atoms with van der Waals surface area (Å²) >= 11 is 13.6. The lowest BCUT2D eigenvalue weighted by Gasteiger charge is -2.46. The number of piperazine rings is 1. The Morgan fingerprint density at radius 1 is 1.11 bits per heavy atom. The van der Waals surface area contributed by atoms with E-state index in [1.807, 2.05) is 25.1 Å². The zero-order valence-electron chi connectivity index (χ0n) is 25.5. The lowest BCUT2D eigenvalue weighted by Crippen LogP contribution is -2.66. The Morgan fingerprint density at radius 2 is 1.89 bits per heavy atom. The summed E-state index contributed by atoms with van der Waals surface area (Å²) in [4.78, 5) is 49.5. The smallest absolute Gasteiger partial charge is 0.332 e. The maximum absolute atomic E-state index is 14.2. The Morgan fingerprint density at radius 3 is 2.64 bits per heavy atom. The number of nitrogen functional groups attached to an aromatic ring is 2. The number of nitrogens with two attached hydrogens (primary N) is 2. The van der Waals surface area contributed by atoms with E-state index in [4.69, 9.17) is 34.7 Å². The number of thiazole rings is 1. The molecule has 2 saturated heterocycles. The van der Waals surface area contributed by atoms with Crippen molar-refractivity contribution < 1.29 is 19.5 Å². The predicted molar refractivity (Wildman–Crippen MR) is 182 cm³/mol. The largest absolute Gasteiger partial charge is 0.506 e. The molecule has 0 bridgehead atoms. The molecule has 6 rings (SSSR count). The van der Waals surface area contributed by atoms with E-state index in [0.29, 0.717) is 33.7 Å². The molecule has 2 atom stereocenters. The second-order valence-electron chi connectivity index (χ2n) is 11.6. The van der Waals surface area contributed by atoms with E-state index in [9.17, 15) is 19.5 Å². The highest BCUT2D eigenvalue weighted by atomic mass is 35.5. The maximum atomic E-state index is 14.2. The summed E-state index contributed by atoms with van der Waals surface area (Å²) in [5.74, 6) is -0.578. The van der Waals surface area contributed by atoms with E-state index >= 15 is 0 Å². The van der Waals surface area contributed by atoms with Crippen LogP contribution < -0.4 is 16.8 Å². The molecule has 12 nitrogen and oxygen atoms in total. The fraction of sp³-hybridized carbons (Fsp3) is 0.312. The summed E-state index contributed by atoms with van der Waals surface area (Å²) < 4.78 is 0.910. The summed E-state index contributed by atoms with van der Waals surface area (Å²) in [6, 6.07) is 14.4. The van der Waals surface area contributed by atoms with Gasteiger partial charge < -0.3 is 31.7 Å². The van der Waals surface area contributed by atoms with Gasteiger partial charge in [0, 0.05) is 26.1 Å². The van der Waals surface area contributed by atoms with Crippen LogP contribution in [0.3, 0.4) is 0 Å². The highest BCUT2D eigenvalue weighted by molar-refractivity contribution is 7.22. The molecule has 4 amide bonds. The molecule has 246 valence electrons. The Labute approximate surface area is 285 Å². The van der Waals surface area contributed by atoms with E-state index in [-0.39, 0.29) is 61.9 Å². The van der Waals surface area contributed by atoms with Crippen molar-refractivity contribution in [3.05, 3.63) is 81.3 Å². The van der Waals surface area contributed by atoms with Crippen LogP contribution in [0.2, 0.25) is 10.0 Å². The lowest BCUT2D eigenvalue weighted by atomic mass is 9.99. The number of anilines is 2. The molecule has 0 unspecified atom stereocenters. The Hall–Kier alpha value is -4.30. The molecule has 0 saturated carbocycles. The van der Waals surface area contributed by atoms with E-state index < -0.39 is 12.2 Å². The minimum absolute atomic E-state index is 0.0654. The first-order chi connectivity index (χ1) is 22.5. The van der Waals surface area contributed by atoms with Crippen LogP contribution in [0.25, 0.3) is 10.2 Å². The third-order valence-electron chi connectivity index (χ3n) is 8.38. The van der Waals surface area contributed by atoms with Gasteiger partial charge in [-0.2, -0.15) is 5.01 Å². The van der Waals surface area contributed by atoms with Crippen LogP contribution in [-0.4, -0.2) is 79.6 Å². The third-order valence-corrected chi connectivity index (χ3v) is 9.96. The Bertz CT molecular complexity index is 1860. The van der Waals surface area contributed by atoms with Gasteiger partial charge in [-0.1, -0.05) is 65.7 Å². The van der Waals surface area contributed by atoms with Crippen molar-refractivity contribution in [1.29, 1.82) is 0 Å². The van der Waals surface area contributed by atoms with E-state index in [1.54, 1.807) is 50.1 Å². The zero-order valence-corrected chi connectivity index (χ0v) is 27.9. The van der Waals surface area contributed by atoms with Gasteiger partial charge in [0.2, 0.25) is 11.8 Å². The number of phenols is 1. The predicted octanol–water partition coefficient (Wildman–Crippen LogP) is 4.43. The number of carbonyl (C=O) groups is 3. The number of phenolic OH excluding ortho intramolecular Hbond substituents is 1. The molecular weight excluding hydrogens is 663 g/mol. The first kappa shape index (κ1) is 32.6. The van der Waals surface area contributed by atoms with Crippen LogP contribution in [-0.2, 0) is 29.1 Å². The summed E-state index contributed by atoms with van der Waals surface area (Å²) in [5, 5.41) is 17.5. The van der Waals surface area contributed by atoms with Crippen LogP contribution in [0.1, 0.15) is 30.0 Å². The molecule has 4 aromatic rings. The van der Waals surface area contributed by atoms with Crippen molar-refractivity contribution in [2.45, 2.75) is 45.1 Å². The van der Waals surface area contributed by atoms with Gasteiger partial charge >= 0.3 is 6.03 Å². The van der Waals surface area contributed by atoms with Gasteiger partial charge in [0.15, 0.2) is 5.13 Å². The monoisotopic (exact) mass is 696 g/mol. The summed E-state index contributed by atoms with van der Waals surface area (Å²) in [6.45, 7) is 2.80. The van der Waals surface area contributed by atoms with Crippen molar-refractivity contribution in [3.63, 3.8) is 0 Å². The van der Waals surface area contributed by atoms with Gasteiger partial charge in [-0.15, -0.1) is 0 Å². The quantitative estimate of drug-likeness (QED) is 0.148. The van der Waals surface area contributed by atoms with Crippen LogP contribution in [0, 0.1) is 0 Å². The number of aromatic hydroxyl groups is 1. The standard InChI is InChI=1S/C32H34Cl2N8O4S/c1-2-10-40(32(46)37-14-19-6-8-21(33)22(34)11-19)41-17-28(44)42-24(13-18-7-9-25(43)23(35)12-18)30(45)39(16-27(41)42)15-20-4-3-5-26-29(20)38-31(36)47-26/h3-9,11-12,24,27,43H,2,10,13-17,35H2,1H3,(H2,36,38)(H,37,46)/t24-,27+/m0/s1. The number of benzene rings is 3. The highest BCUT2D eigenvalue weighted by Crippen LogP contribution is 2.33. The van der Waals surface area contributed by atoms with Gasteiger partial charge in [-0.05, 0) is 53.4 Å². The number of para-hydroxylation sites is 1. The molecule has 47 heavy (non-hydrogen) atoms. The van der Waals surface area contributed by atoms with Crippen molar-refractivity contribution >= 4 is 73.4 Å². The number of urea groups is 1. The average molecular weight is 698 g/mol. The molecule has 0 radical (unpaired) electrons. The first-order valence-corrected chi connectivity index (χ1v) is 16.7. The number of fused-ring (bicyclic) bond motifs is 2. The summed E-state index contributed by atoms with van der Waals surface area (Å²) in [7, 11) is 0. The first-order valence-electron chi connectivity index (χ1n) is 15.1. The lowest BCUT2D eigenvalue weighted by molar-refractivity contribution is -0.157. The molecule has 2 aliphatic rings. The van der Waals surface area contributed by atoms with Gasteiger partial charge in [-0.3, -0.25) is 14.6 Å². The molecule has 2 aliphatic heterocycles. The SMILES string of the molecule is CCCN(C(=O)NCc1ccc(Cl)c(Cl)c1)N1CC(=O)N2[C@@H](Cc3ccc(O)c(N)c3)C(=O)N(Cc3cccc4sc(N)nc34)C[C@@H]21. The molecule has 3 heterocycles.